The van der Waals surface area contributed by atoms with Crippen molar-refractivity contribution >= 4 is 11.8 Å². The van der Waals surface area contributed by atoms with Crippen molar-refractivity contribution in [1.82, 2.24) is 20.2 Å². The molecule has 5 rings (SSSR count). The summed E-state index contributed by atoms with van der Waals surface area (Å²) in [7, 11) is 0. The predicted molar refractivity (Wildman–Crippen MR) is 115 cm³/mol. The summed E-state index contributed by atoms with van der Waals surface area (Å²) in [4.78, 5) is 30.3. The van der Waals surface area contributed by atoms with Gasteiger partial charge in [-0.15, -0.1) is 13.2 Å². The van der Waals surface area contributed by atoms with Gasteiger partial charge in [0.1, 0.15) is 17.1 Å². The maximum atomic E-state index is 13.2. The third kappa shape index (κ3) is 4.35. The summed E-state index contributed by atoms with van der Waals surface area (Å²) in [6.45, 7) is 0. The number of rotatable bonds is 5. The molecule has 2 aliphatic rings. The van der Waals surface area contributed by atoms with E-state index in [1.54, 1.807) is 6.20 Å². The third-order valence-electron chi connectivity index (χ3n) is 6.13. The molecule has 34 heavy (non-hydrogen) atoms. The second kappa shape index (κ2) is 8.19. The van der Waals surface area contributed by atoms with Gasteiger partial charge in [-0.3, -0.25) is 9.59 Å². The number of ether oxygens (including phenoxy) is 1. The Morgan fingerprint density at radius 1 is 1.09 bits per heavy atom. The van der Waals surface area contributed by atoms with Gasteiger partial charge in [-0.25, -0.2) is 4.98 Å². The molecule has 2 amide bonds. The van der Waals surface area contributed by atoms with Crippen LogP contribution in [-0.2, 0) is 11.2 Å². The molecule has 7 nitrogen and oxygen atoms in total. The number of aromatic nitrogens is 2. The molecule has 1 aliphatic heterocycles. The van der Waals surface area contributed by atoms with Gasteiger partial charge in [0.2, 0.25) is 5.91 Å². The Morgan fingerprint density at radius 2 is 1.82 bits per heavy atom. The van der Waals surface area contributed by atoms with Gasteiger partial charge in [0.25, 0.3) is 5.91 Å². The van der Waals surface area contributed by atoms with Crippen LogP contribution in [0.3, 0.4) is 0 Å². The fourth-order valence-corrected chi connectivity index (χ4v) is 4.23. The molecule has 176 valence electrons. The van der Waals surface area contributed by atoms with Crippen molar-refractivity contribution in [2.75, 3.05) is 0 Å². The number of halogens is 3. The zero-order chi connectivity index (χ0) is 23.9. The second-order valence-corrected chi connectivity index (χ2v) is 8.46. The summed E-state index contributed by atoms with van der Waals surface area (Å²) >= 11 is 0. The molecule has 1 aromatic heterocycles. The second-order valence-electron chi connectivity index (χ2n) is 8.46. The number of fused-ring (bicyclic) bond motifs is 3. The van der Waals surface area contributed by atoms with Gasteiger partial charge in [0.15, 0.2) is 0 Å². The lowest BCUT2D eigenvalue weighted by molar-refractivity contribution is -0.274. The first-order valence-corrected chi connectivity index (χ1v) is 10.8. The van der Waals surface area contributed by atoms with Gasteiger partial charge >= 0.3 is 6.36 Å². The molecule has 0 unspecified atom stereocenters. The van der Waals surface area contributed by atoms with E-state index in [0.29, 0.717) is 19.3 Å². The quantitative estimate of drug-likeness (QED) is 0.594. The normalized spacial score (nSPS) is 18.1. The van der Waals surface area contributed by atoms with E-state index >= 15 is 0 Å². The summed E-state index contributed by atoms with van der Waals surface area (Å²) in [5.41, 5.74) is 1.27. The molecule has 1 saturated carbocycles. The van der Waals surface area contributed by atoms with Crippen LogP contribution in [0.5, 0.6) is 5.75 Å². The Morgan fingerprint density at radius 3 is 2.53 bits per heavy atom. The Bertz CT molecular complexity index is 1230. The van der Waals surface area contributed by atoms with Gasteiger partial charge in [-0.2, -0.15) is 0 Å². The number of nitrogens with one attached hydrogen (secondary N) is 2. The first-order valence-electron chi connectivity index (χ1n) is 10.8. The molecule has 1 fully saturated rings. The first-order chi connectivity index (χ1) is 16.2. The molecular formula is C24H21F3N4O3. The van der Waals surface area contributed by atoms with Gasteiger partial charge < -0.3 is 19.9 Å². The van der Waals surface area contributed by atoms with Gasteiger partial charge in [-0.1, -0.05) is 18.2 Å². The fraction of sp³-hybridized carbons (Fsp3) is 0.292. The Labute approximate surface area is 192 Å². The number of alkyl halides is 3. The lowest BCUT2D eigenvalue weighted by Crippen LogP contribution is -2.50. The molecule has 0 radical (unpaired) electrons. The van der Waals surface area contributed by atoms with E-state index in [2.05, 4.69) is 26.4 Å². The molecule has 1 aliphatic carbocycles. The molecule has 0 bridgehead atoms. The number of benzene rings is 2. The molecule has 0 saturated heterocycles. The number of nitrogens with zero attached hydrogens (tertiary/aromatic N) is 2. The maximum absolute atomic E-state index is 13.2. The molecule has 10 heteroatoms. The highest BCUT2D eigenvalue weighted by atomic mass is 19.4. The summed E-state index contributed by atoms with van der Waals surface area (Å²) in [5.74, 6) is -0.544. The van der Waals surface area contributed by atoms with Crippen LogP contribution in [0.15, 0.2) is 60.9 Å². The van der Waals surface area contributed by atoms with Crippen LogP contribution >= 0.6 is 0 Å². The van der Waals surface area contributed by atoms with Crippen LogP contribution in [0.25, 0.3) is 5.69 Å². The van der Waals surface area contributed by atoms with Crippen molar-refractivity contribution in [2.45, 2.75) is 43.6 Å². The standard InChI is InChI=1S/C24H21F3N4O3/c25-24(26,27)34-17-8-5-16(6-9-17)21(32)30-23(11-12-23)22(33)29-18-10-7-15-3-1-2-4-19(15)31-14-13-28-20(18)31/h1-6,8-9,13-14,18H,7,10-12H2,(H,29,33)(H,30,32)/t18-/m1/s1. The summed E-state index contributed by atoms with van der Waals surface area (Å²) in [6, 6.07) is 12.2. The van der Waals surface area contributed by atoms with Crippen LogP contribution in [0.1, 0.15) is 47.1 Å². The molecule has 2 heterocycles. The monoisotopic (exact) mass is 470 g/mol. The number of imidazole rings is 1. The summed E-state index contributed by atoms with van der Waals surface area (Å²) < 4.78 is 42.8. The Balaban J connectivity index is 1.27. The van der Waals surface area contributed by atoms with Gasteiger partial charge in [-0.05, 0) is 61.6 Å². The van der Waals surface area contributed by atoms with E-state index in [1.807, 2.05) is 29.0 Å². The number of para-hydroxylation sites is 1. The van der Waals surface area contributed by atoms with E-state index in [1.165, 1.54) is 12.1 Å². The van der Waals surface area contributed by atoms with Crippen molar-refractivity contribution < 1.29 is 27.5 Å². The minimum atomic E-state index is -4.81. The predicted octanol–water partition coefficient (Wildman–Crippen LogP) is 3.84. The van der Waals surface area contributed by atoms with Crippen LogP contribution < -0.4 is 15.4 Å². The van der Waals surface area contributed by atoms with Crippen LogP contribution in [0.4, 0.5) is 13.2 Å². The Kier molecular flexibility index (Phi) is 5.30. The summed E-state index contributed by atoms with van der Waals surface area (Å²) in [6.07, 6.45) is 1.11. The first kappa shape index (κ1) is 22.0. The van der Waals surface area contributed by atoms with Crippen LogP contribution in [0, 0.1) is 0 Å². The smallest absolute Gasteiger partial charge is 0.406 e. The number of hydrogen-bond acceptors (Lipinski definition) is 4. The zero-order valence-electron chi connectivity index (χ0n) is 17.9. The highest BCUT2D eigenvalue weighted by Gasteiger charge is 2.52. The van der Waals surface area contributed by atoms with E-state index in [4.69, 9.17) is 0 Å². The minimum absolute atomic E-state index is 0.133. The van der Waals surface area contributed by atoms with Crippen molar-refractivity contribution in [2.24, 2.45) is 0 Å². The largest absolute Gasteiger partial charge is 0.573 e. The number of hydrogen-bond donors (Lipinski definition) is 2. The number of amides is 2. The average molecular weight is 470 g/mol. The van der Waals surface area contributed by atoms with Gasteiger partial charge in [0, 0.05) is 23.6 Å². The van der Waals surface area contributed by atoms with Crippen molar-refractivity contribution in [1.29, 1.82) is 0 Å². The molecule has 0 spiro atoms. The number of aryl methyl sites for hydroxylation is 1. The van der Waals surface area contributed by atoms with Crippen molar-refractivity contribution in [3.63, 3.8) is 0 Å². The number of carbonyl (C=O) groups excluding carboxylic acids is 2. The lowest BCUT2D eigenvalue weighted by atomic mass is 10.0. The average Bonchev–Trinajstić information content (AvgIpc) is 3.45. The third-order valence-corrected chi connectivity index (χ3v) is 6.13. The van der Waals surface area contributed by atoms with Crippen molar-refractivity contribution in [3.05, 3.63) is 77.9 Å². The van der Waals surface area contributed by atoms with E-state index in [9.17, 15) is 22.8 Å². The van der Waals surface area contributed by atoms with E-state index in [0.717, 1.165) is 35.6 Å². The van der Waals surface area contributed by atoms with Crippen LogP contribution in [-0.4, -0.2) is 33.3 Å². The van der Waals surface area contributed by atoms with E-state index in [-0.39, 0.29) is 17.5 Å². The van der Waals surface area contributed by atoms with E-state index < -0.39 is 23.6 Å². The van der Waals surface area contributed by atoms with Crippen molar-refractivity contribution in [3.8, 4) is 11.4 Å². The summed E-state index contributed by atoms with van der Waals surface area (Å²) in [5, 5.41) is 5.80. The Hall–Kier alpha value is -3.82. The molecule has 3 aromatic rings. The zero-order valence-corrected chi connectivity index (χ0v) is 17.9. The molecule has 2 N–H and O–H groups in total. The highest BCUT2D eigenvalue weighted by Crippen LogP contribution is 2.38. The van der Waals surface area contributed by atoms with Gasteiger partial charge in [0.05, 0.1) is 6.04 Å². The molecule has 1 atom stereocenters. The van der Waals surface area contributed by atoms with Crippen LogP contribution in [0.2, 0.25) is 0 Å². The maximum Gasteiger partial charge on any atom is 0.573 e. The fourth-order valence-electron chi connectivity index (χ4n) is 4.23. The number of carbonyl (C=O) groups is 2. The topological polar surface area (TPSA) is 85.3 Å². The highest BCUT2D eigenvalue weighted by molar-refractivity contribution is 6.00. The molecular weight excluding hydrogens is 449 g/mol. The lowest BCUT2D eigenvalue weighted by Gasteiger charge is -2.22. The SMILES string of the molecule is O=C(NC1(C(=O)N[C@@H]2CCc3ccccc3-n3ccnc32)CC1)c1ccc(OC(F)(F)F)cc1. The minimum Gasteiger partial charge on any atom is -0.406 e. The molecule has 2 aromatic carbocycles.